The van der Waals surface area contributed by atoms with Crippen LogP contribution in [0.4, 0.5) is 0 Å². The number of carbonyl (C=O) groups excluding carboxylic acids is 1. The van der Waals surface area contributed by atoms with Crippen LogP contribution in [0, 0.1) is 0 Å². The quantitative estimate of drug-likeness (QED) is 0.791. The van der Waals surface area contributed by atoms with Crippen molar-refractivity contribution in [2.75, 3.05) is 40.3 Å². The first-order valence-electron chi connectivity index (χ1n) is 6.89. The van der Waals surface area contributed by atoms with Gasteiger partial charge in [-0.15, -0.1) is 0 Å². The third-order valence-corrected chi connectivity index (χ3v) is 4.08. The number of rotatable bonds is 2. The maximum atomic E-state index is 12.2. The second kappa shape index (κ2) is 4.94. The number of likely N-dealkylation sites (N-methyl/N-ethyl adjacent to an activating group) is 1. The number of carbonyl (C=O) groups is 1. The zero-order chi connectivity index (χ0) is 13.4. The summed E-state index contributed by atoms with van der Waals surface area (Å²) in [6.45, 7) is 4.23. The van der Waals surface area contributed by atoms with Gasteiger partial charge in [0.15, 0.2) is 0 Å². The summed E-state index contributed by atoms with van der Waals surface area (Å²) in [4.78, 5) is 18.6. The fourth-order valence-electron chi connectivity index (χ4n) is 3.12. The average molecular weight is 259 g/mol. The van der Waals surface area contributed by atoms with Gasteiger partial charge in [0.1, 0.15) is 0 Å². The van der Waals surface area contributed by atoms with E-state index in [2.05, 4.69) is 29.2 Å². The molecule has 102 valence electrons. The van der Waals surface area contributed by atoms with Crippen LogP contribution < -0.4 is 0 Å². The van der Waals surface area contributed by atoms with Gasteiger partial charge in [0, 0.05) is 26.2 Å². The molecule has 0 saturated carbocycles. The van der Waals surface area contributed by atoms with Crippen LogP contribution in [-0.4, -0.2) is 60.9 Å². The lowest BCUT2D eigenvalue weighted by Gasteiger charge is -2.38. The summed E-state index contributed by atoms with van der Waals surface area (Å²) in [6.07, 6.45) is 0. The minimum absolute atomic E-state index is 0.244. The van der Waals surface area contributed by atoms with Gasteiger partial charge in [-0.2, -0.15) is 0 Å². The molecular weight excluding hydrogens is 238 g/mol. The topological polar surface area (TPSA) is 26.8 Å². The first-order chi connectivity index (χ1) is 9.15. The Morgan fingerprint density at radius 1 is 1.32 bits per heavy atom. The van der Waals surface area contributed by atoms with E-state index in [-0.39, 0.29) is 5.91 Å². The smallest absolute Gasteiger partial charge is 0.236 e. The molecule has 2 heterocycles. The first kappa shape index (κ1) is 12.6. The van der Waals surface area contributed by atoms with Crippen LogP contribution in [-0.2, 0) is 11.3 Å². The third kappa shape index (κ3) is 2.38. The van der Waals surface area contributed by atoms with Crippen molar-refractivity contribution in [1.29, 1.82) is 0 Å². The summed E-state index contributed by atoms with van der Waals surface area (Å²) in [5.41, 5.74) is 2.83. The average Bonchev–Trinajstić information content (AvgIpc) is 2.75. The van der Waals surface area contributed by atoms with Crippen LogP contribution in [0.15, 0.2) is 24.3 Å². The summed E-state index contributed by atoms with van der Waals surface area (Å²) < 4.78 is 0. The van der Waals surface area contributed by atoms with Gasteiger partial charge in [-0.3, -0.25) is 9.69 Å². The second-order valence-corrected chi connectivity index (χ2v) is 5.76. The van der Waals surface area contributed by atoms with Gasteiger partial charge in [-0.05, 0) is 25.2 Å². The van der Waals surface area contributed by atoms with Crippen LogP contribution in [0.25, 0.3) is 0 Å². The molecule has 0 N–H and O–H groups in total. The molecule has 0 spiro atoms. The zero-order valence-corrected chi connectivity index (χ0v) is 11.7. The highest BCUT2D eigenvalue weighted by Gasteiger charge is 2.35. The summed E-state index contributed by atoms with van der Waals surface area (Å²) in [5, 5.41) is 0. The lowest BCUT2D eigenvalue weighted by molar-refractivity contribution is -0.134. The number of piperazine rings is 1. The Balaban J connectivity index is 1.74. The highest BCUT2D eigenvalue weighted by atomic mass is 16.2. The predicted octanol–water partition coefficient (Wildman–Crippen LogP) is 0.947. The number of nitrogens with zero attached hydrogens (tertiary/aromatic N) is 3. The molecule has 1 fully saturated rings. The van der Waals surface area contributed by atoms with E-state index in [4.69, 9.17) is 0 Å². The van der Waals surface area contributed by atoms with Crippen molar-refractivity contribution in [1.82, 2.24) is 14.7 Å². The molecule has 1 atom stereocenters. The van der Waals surface area contributed by atoms with E-state index in [1.807, 2.05) is 23.9 Å². The Kier molecular flexibility index (Phi) is 3.29. The summed E-state index contributed by atoms with van der Waals surface area (Å²) in [5.74, 6) is 0.244. The predicted molar refractivity (Wildman–Crippen MR) is 74.7 cm³/mol. The summed E-state index contributed by atoms with van der Waals surface area (Å²) >= 11 is 0. The van der Waals surface area contributed by atoms with Gasteiger partial charge in [0.25, 0.3) is 0 Å². The van der Waals surface area contributed by atoms with Gasteiger partial charge in [-0.25, -0.2) is 0 Å². The van der Waals surface area contributed by atoms with Gasteiger partial charge >= 0.3 is 0 Å². The maximum absolute atomic E-state index is 12.2. The molecule has 4 nitrogen and oxygen atoms in total. The second-order valence-electron chi connectivity index (χ2n) is 5.76. The molecule has 0 aromatic heterocycles. The molecule has 3 rings (SSSR count). The van der Waals surface area contributed by atoms with Crippen molar-refractivity contribution in [2.24, 2.45) is 0 Å². The first-order valence-corrected chi connectivity index (χ1v) is 6.89. The van der Waals surface area contributed by atoms with Crippen molar-refractivity contribution in [3.8, 4) is 0 Å². The maximum Gasteiger partial charge on any atom is 0.236 e. The summed E-state index contributed by atoms with van der Waals surface area (Å²) in [7, 11) is 3.89. The number of benzene rings is 1. The number of fused-ring (bicyclic) bond motifs is 3. The van der Waals surface area contributed by atoms with E-state index in [9.17, 15) is 4.79 Å². The molecule has 0 bridgehead atoms. The van der Waals surface area contributed by atoms with E-state index in [1.54, 1.807) is 0 Å². The fraction of sp³-hybridized carbons (Fsp3) is 0.533. The van der Waals surface area contributed by atoms with Crippen LogP contribution in [0.2, 0.25) is 0 Å². The number of hydrogen-bond donors (Lipinski definition) is 0. The molecule has 1 aromatic carbocycles. The molecule has 1 aromatic rings. The van der Waals surface area contributed by atoms with Crippen LogP contribution in [0.5, 0.6) is 0 Å². The Morgan fingerprint density at radius 3 is 2.89 bits per heavy atom. The molecule has 4 heteroatoms. The van der Waals surface area contributed by atoms with Gasteiger partial charge < -0.3 is 9.80 Å². The fourth-order valence-corrected chi connectivity index (χ4v) is 3.12. The molecule has 2 aliphatic rings. The Morgan fingerprint density at radius 2 is 2.11 bits per heavy atom. The molecule has 2 aliphatic heterocycles. The van der Waals surface area contributed by atoms with Gasteiger partial charge in [0.2, 0.25) is 5.91 Å². The van der Waals surface area contributed by atoms with E-state index in [0.29, 0.717) is 12.6 Å². The Bertz CT molecular complexity index is 486. The van der Waals surface area contributed by atoms with Gasteiger partial charge in [-0.1, -0.05) is 24.3 Å². The van der Waals surface area contributed by atoms with Crippen LogP contribution in [0.3, 0.4) is 0 Å². The van der Waals surface area contributed by atoms with Crippen molar-refractivity contribution < 1.29 is 4.79 Å². The largest absolute Gasteiger partial charge is 0.338 e. The van der Waals surface area contributed by atoms with Crippen molar-refractivity contribution >= 4 is 5.91 Å². The third-order valence-electron chi connectivity index (χ3n) is 4.08. The van der Waals surface area contributed by atoms with Crippen molar-refractivity contribution in [3.63, 3.8) is 0 Å². The Hall–Kier alpha value is -1.39. The van der Waals surface area contributed by atoms with Crippen molar-refractivity contribution in [3.05, 3.63) is 35.4 Å². The normalized spacial score (nSPS) is 22.5. The number of amides is 1. The highest BCUT2D eigenvalue weighted by Crippen LogP contribution is 2.35. The molecule has 0 aliphatic carbocycles. The number of hydrogen-bond acceptors (Lipinski definition) is 3. The van der Waals surface area contributed by atoms with Crippen LogP contribution >= 0.6 is 0 Å². The SMILES string of the molecule is CN(C)CC(=O)N1CCN2Cc3ccccc3C2C1. The minimum atomic E-state index is 0.244. The van der Waals surface area contributed by atoms with Crippen LogP contribution in [0.1, 0.15) is 17.2 Å². The molecule has 1 saturated heterocycles. The molecular formula is C15H21N3O. The molecule has 1 unspecified atom stereocenters. The van der Waals surface area contributed by atoms with Crippen molar-refractivity contribution in [2.45, 2.75) is 12.6 Å². The monoisotopic (exact) mass is 259 g/mol. The van der Waals surface area contributed by atoms with Gasteiger partial charge in [0.05, 0.1) is 12.6 Å². The molecule has 19 heavy (non-hydrogen) atoms. The Labute approximate surface area is 114 Å². The highest BCUT2D eigenvalue weighted by molar-refractivity contribution is 5.78. The standard InChI is InChI=1S/C15H21N3O/c1-16(2)11-15(19)18-8-7-17-9-12-5-3-4-6-13(12)14(17)10-18/h3-6,14H,7-11H2,1-2H3. The molecule has 0 radical (unpaired) electrons. The molecule has 1 amide bonds. The van der Waals surface area contributed by atoms with E-state index in [0.717, 1.165) is 26.2 Å². The zero-order valence-electron chi connectivity index (χ0n) is 11.7. The lowest BCUT2D eigenvalue weighted by Crippen LogP contribution is -2.50. The van der Waals surface area contributed by atoms with E-state index < -0.39 is 0 Å². The van der Waals surface area contributed by atoms with E-state index in [1.165, 1.54) is 11.1 Å². The van der Waals surface area contributed by atoms with E-state index >= 15 is 0 Å². The summed E-state index contributed by atoms with van der Waals surface area (Å²) in [6, 6.07) is 9.02. The lowest BCUT2D eigenvalue weighted by atomic mass is 10.0. The minimum Gasteiger partial charge on any atom is -0.338 e.